The van der Waals surface area contributed by atoms with E-state index in [0.717, 1.165) is 44.9 Å². The summed E-state index contributed by atoms with van der Waals surface area (Å²) < 4.78 is 0. The highest BCUT2D eigenvalue weighted by Gasteiger charge is 2.22. The molecule has 6 nitrogen and oxygen atoms in total. The number of aliphatic carboxylic acids is 1. The van der Waals surface area contributed by atoms with Gasteiger partial charge in [-0.1, -0.05) is 64.3 Å². The molecule has 0 aliphatic carbocycles. The predicted molar refractivity (Wildman–Crippen MR) is 116 cm³/mol. The van der Waals surface area contributed by atoms with E-state index in [4.69, 9.17) is 5.11 Å². The third-order valence-corrected chi connectivity index (χ3v) is 4.64. The Bertz CT molecular complexity index is 539. The molecule has 0 heterocycles. The lowest BCUT2D eigenvalue weighted by molar-refractivity contribution is -0.143. The monoisotopic (exact) mass is 409 g/mol. The second-order valence-corrected chi connectivity index (χ2v) is 7.71. The van der Waals surface area contributed by atoms with Gasteiger partial charge >= 0.3 is 5.97 Å². The lowest BCUT2D eigenvalue weighted by Crippen LogP contribution is -2.44. The van der Waals surface area contributed by atoms with Crippen molar-refractivity contribution in [3.8, 4) is 0 Å². The van der Waals surface area contributed by atoms with E-state index < -0.39 is 18.1 Å². The van der Waals surface area contributed by atoms with Gasteiger partial charge in [-0.3, -0.25) is 9.59 Å². The van der Waals surface area contributed by atoms with E-state index in [1.54, 1.807) is 13.8 Å². The van der Waals surface area contributed by atoms with E-state index in [1.807, 2.05) is 31.2 Å². The zero-order chi connectivity index (χ0) is 22.1. The summed E-state index contributed by atoms with van der Waals surface area (Å²) in [4.78, 5) is 34.6. The zero-order valence-electron chi connectivity index (χ0n) is 18.2. The molecule has 0 aromatic heterocycles. The van der Waals surface area contributed by atoms with Gasteiger partial charge < -0.3 is 15.5 Å². The van der Waals surface area contributed by atoms with Gasteiger partial charge in [-0.25, -0.2) is 4.79 Å². The number of carboxylic acids is 1. The number of rotatable bonds is 17. The fraction of sp³-hybridized carbons (Fsp3) is 0.696. The minimum Gasteiger partial charge on any atom is -0.480 e. The standard InChI is InChI=1S/C23H39NO5/c1-4-5-12-15-19(25)20(26)16-13-10-8-6-7-9-11-14-17-21(27)24-22(18(2)3)23(28)29/h5,10,12-13,18-19,22,25H,4,6-9,11,14-17H2,1-3H3,(H,24,27)(H,28,29)/b12-5-,13-10-/t19?,22-/m0/s1. The number of nitrogens with one attached hydrogen (secondary N) is 1. The molecule has 0 spiro atoms. The molecule has 0 aliphatic rings. The molecule has 0 saturated heterocycles. The number of carbonyl (C=O) groups excluding carboxylic acids is 2. The van der Waals surface area contributed by atoms with Crippen molar-refractivity contribution in [3.05, 3.63) is 24.3 Å². The summed E-state index contributed by atoms with van der Waals surface area (Å²) in [5.74, 6) is -1.49. The summed E-state index contributed by atoms with van der Waals surface area (Å²) in [5.41, 5.74) is 0. The van der Waals surface area contributed by atoms with Gasteiger partial charge in [-0.15, -0.1) is 0 Å². The largest absolute Gasteiger partial charge is 0.480 e. The topological polar surface area (TPSA) is 104 Å². The predicted octanol–water partition coefficient (Wildman–Crippen LogP) is 4.18. The smallest absolute Gasteiger partial charge is 0.326 e. The van der Waals surface area contributed by atoms with Gasteiger partial charge in [0.05, 0.1) is 0 Å². The number of carbonyl (C=O) groups is 3. The maximum atomic E-state index is 11.8. The van der Waals surface area contributed by atoms with Crippen molar-refractivity contribution in [2.24, 2.45) is 5.92 Å². The first kappa shape index (κ1) is 27.0. The summed E-state index contributed by atoms with van der Waals surface area (Å²) in [5, 5.41) is 21.4. The van der Waals surface area contributed by atoms with Crippen molar-refractivity contribution in [2.45, 2.75) is 97.1 Å². The highest BCUT2D eigenvalue weighted by molar-refractivity contribution is 5.84. The second kappa shape index (κ2) is 17.0. The Kier molecular flexibility index (Phi) is 15.8. The van der Waals surface area contributed by atoms with E-state index in [9.17, 15) is 19.5 Å². The van der Waals surface area contributed by atoms with Gasteiger partial charge in [-0.2, -0.15) is 0 Å². The Morgan fingerprint density at radius 1 is 0.931 bits per heavy atom. The zero-order valence-corrected chi connectivity index (χ0v) is 18.2. The normalized spacial score (nSPS) is 13.8. The molecule has 166 valence electrons. The molecule has 0 aliphatic heterocycles. The van der Waals surface area contributed by atoms with Crippen LogP contribution >= 0.6 is 0 Å². The van der Waals surface area contributed by atoms with Crippen molar-refractivity contribution in [3.63, 3.8) is 0 Å². The van der Waals surface area contributed by atoms with Crippen LogP contribution in [0.25, 0.3) is 0 Å². The van der Waals surface area contributed by atoms with Crippen LogP contribution in [0.15, 0.2) is 24.3 Å². The number of carboxylic acid groups (broad SMARTS) is 1. The average molecular weight is 410 g/mol. The van der Waals surface area contributed by atoms with Gasteiger partial charge in [-0.05, 0) is 38.0 Å². The first-order chi connectivity index (χ1) is 13.8. The third-order valence-electron chi connectivity index (χ3n) is 4.64. The maximum Gasteiger partial charge on any atom is 0.326 e. The van der Waals surface area contributed by atoms with Gasteiger partial charge in [0.15, 0.2) is 5.78 Å². The number of hydrogen-bond acceptors (Lipinski definition) is 4. The Labute approximate surface area is 175 Å². The second-order valence-electron chi connectivity index (χ2n) is 7.71. The van der Waals surface area contributed by atoms with E-state index in [1.165, 1.54) is 0 Å². The van der Waals surface area contributed by atoms with E-state index >= 15 is 0 Å². The minimum atomic E-state index is -0.994. The van der Waals surface area contributed by atoms with Gasteiger partial charge in [0.25, 0.3) is 0 Å². The molecule has 29 heavy (non-hydrogen) atoms. The fourth-order valence-corrected chi connectivity index (χ4v) is 2.81. The molecule has 0 bridgehead atoms. The summed E-state index contributed by atoms with van der Waals surface area (Å²) in [7, 11) is 0. The molecule has 0 aromatic carbocycles. The molecule has 0 fully saturated rings. The van der Waals surface area contributed by atoms with Crippen LogP contribution in [-0.4, -0.2) is 40.0 Å². The fourth-order valence-electron chi connectivity index (χ4n) is 2.81. The number of aliphatic hydroxyl groups excluding tert-OH is 1. The van der Waals surface area contributed by atoms with Crippen molar-refractivity contribution in [1.82, 2.24) is 5.32 Å². The molecular weight excluding hydrogens is 370 g/mol. The Hall–Kier alpha value is -1.95. The molecule has 2 atom stereocenters. The number of unbranched alkanes of at least 4 members (excludes halogenated alkanes) is 5. The van der Waals surface area contributed by atoms with Gasteiger partial charge in [0.1, 0.15) is 12.1 Å². The lowest BCUT2D eigenvalue weighted by atomic mass is 10.0. The third kappa shape index (κ3) is 14.7. The molecule has 0 aromatic rings. The van der Waals surface area contributed by atoms with Crippen LogP contribution in [0.2, 0.25) is 0 Å². The molecule has 0 saturated carbocycles. The quantitative estimate of drug-likeness (QED) is 0.247. The minimum absolute atomic E-state index is 0.138. The summed E-state index contributed by atoms with van der Waals surface area (Å²) in [6.07, 6.45) is 14.3. The first-order valence-corrected chi connectivity index (χ1v) is 10.8. The van der Waals surface area contributed by atoms with E-state index in [2.05, 4.69) is 5.32 Å². The van der Waals surface area contributed by atoms with Crippen molar-refractivity contribution in [1.29, 1.82) is 0 Å². The number of Topliss-reactive ketones (excluding diaryl/α,β-unsaturated/α-hetero) is 1. The Balaban J connectivity index is 3.71. The molecule has 1 amide bonds. The van der Waals surface area contributed by atoms with Crippen molar-refractivity contribution >= 4 is 17.7 Å². The molecule has 0 rings (SSSR count). The molecule has 3 N–H and O–H groups in total. The van der Waals surface area contributed by atoms with Crippen LogP contribution in [-0.2, 0) is 14.4 Å². The van der Waals surface area contributed by atoms with Crippen LogP contribution in [0.1, 0.15) is 85.0 Å². The van der Waals surface area contributed by atoms with Crippen LogP contribution in [0.4, 0.5) is 0 Å². The van der Waals surface area contributed by atoms with Crippen LogP contribution in [0.3, 0.4) is 0 Å². The summed E-state index contributed by atoms with van der Waals surface area (Å²) >= 11 is 0. The Morgan fingerprint density at radius 2 is 1.59 bits per heavy atom. The average Bonchev–Trinajstić information content (AvgIpc) is 2.66. The highest BCUT2D eigenvalue weighted by Crippen LogP contribution is 2.09. The number of aliphatic hydroxyl groups is 1. The van der Waals surface area contributed by atoms with Crippen molar-refractivity contribution in [2.75, 3.05) is 0 Å². The Morgan fingerprint density at radius 3 is 2.21 bits per heavy atom. The SMILES string of the molecule is CC/C=C\CC(O)C(=O)C/C=C\CCCCCCCC(=O)N[C@H](C(=O)O)C(C)C. The lowest BCUT2D eigenvalue weighted by Gasteiger charge is -2.17. The highest BCUT2D eigenvalue weighted by atomic mass is 16.4. The van der Waals surface area contributed by atoms with E-state index in [0.29, 0.717) is 12.8 Å². The van der Waals surface area contributed by atoms with Gasteiger partial charge in [0, 0.05) is 12.8 Å². The molecular formula is C23H39NO5. The van der Waals surface area contributed by atoms with Crippen LogP contribution in [0, 0.1) is 5.92 Å². The molecule has 0 radical (unpaired) electrons. The number of hydrogen-bond donors (Lipinski definition) is 3. The van der Waals surface area contributed by atoms with Crippen LogP contribution in [0.5, 0.6) is 0 Å². The summed E-state index contributed by atoms with van der Waals surface area (Å²) in [6.45, 7) is 5.56. The number of amides is 1. The maximum absolute atomic E-state index is 11.8. The van der Waals surface area contributed by atoms with Crippen LogP contribution < -0.4 is 5.32 Å². The van der Waals surface area contributed by atoms with Crippen molar-refractivity contribution < 1.29 is 24.6 Å². The van der Waals surface area contributed by atoms with E-state index in [-0.39, 0.29) is 24.0 Å². The number of allylic oxidation sites excluding steroid dienone is 3. The number of ketones is 1. The van der Waals surface area contributed by atoms with Gasteiger partial charge in [0.2, 0.25) is 5.91 Å². The first-order valence-electron chi connectivity index (χ1n) is 10.8. The summed E-state index contributed by atoms with van der Waals surface area (Å²) in [6, 6.07) is -0.824. The molecule has 6 heteroatoms. The molecule has 1 unspecified atom stereocenters.